The number of nitrogens with two attached hydrogens (primary N) is 1. The van der Waals surface area contributed by atoms with Crippen LogP contribution in [0.2, 0.25) is 0 Å². The average molecular weight is 228 g/mol. The monoisotopic (exact) mass is 228 g/mol. The fourth-order valence-corrected chi connectivity index (χ4v) is 2.57. The molecule has 0 spiro atoms. The number of nitrogens with one attached hydrogen (secondary N) is 1. The van der Waals surface area contributed by atoms with E-state index in [4.69, 9.17) is 10.6 Å². The molecular formula is C13H28N2O. The zero-order valence-electron chi connectivity index (χ0n) is 10.7. The third kappa shape index (κ3) is 5.28. The molecule has 1 atom stereocenters. The van der Waals surface area contributed by atoms with Gasteiger partial charge in [0.2, 0.25) is 0 Å². The van der Waals surface area contributed by atoms with Crippen molar-refractivity contribution in [2.75, 3.05) is 13.2 Å². The summed E-state index contributed by atoms with van der Waals surface area (Å²) < 4.78 is 5.62. The van der Waals surface area contributed by atoms with Crippen molar-refractivity contribution in [1.29, 1.82) is 0 Å². The number of ether oxygens (including phenoxy) is 1. The van der Waals surface area contributed by atoms with E-state index in [-0.39, 0.29) is 0 Å². The Labute approximate surface area is 100 Å². The summed E-state index contributed by atoms with van der Waals surface area (Å²) in [6.07, 6.45) is 10.6. The summed E-state index contributed by atoms with van der Waals surface area (Å²) in [5, 5.41) is 0. The van der Waals surface area contributed by atoms with Crippen molar-refractivity contribution in [1.82, 2.24) is 5.43 Å². The van der Waals surface area contributed by atoms with Gasteiger partial charge in [0.25, 0.3) is 0 Å². The van der Waals surface area contributed by atoms with Crippen LogP contribution in [0.4, 0.5) is 0 Å². The quantitative estimate of drug-likeness (QED) is 0.417. The second kappa shape index (κ2) is 8.97. The average Bonchev–Trinajstić information content (AvgIpc) is 2.25. The van der Waals surface area contributed by atoms with E-state index in [1.807, 2.05) is 0 Å². The highest BCUT2D eigenvalue weighted by atomic mass is 16.5. The van der Waals surface area contributed by atoms with E-state index in [9.17, 15) is 0 Å². The fraction of sp³-hybridized carbons (Fsp3) is 1.00. The molecular weight excluding hydrogens is 200 g/mol. The number of hydrogen-bond acceptors (Lipinski definition) is 3. The van der Waals surface area contributed by atoms with E-state index >= 15 is 0 Å². The summed E-state index contributed by atoms with van der Waals surface area (Å²) in [6.45, 7) is 3.76. The van der Waals surface area contributed by atoms with Gasteiger partial charge in [0.1, 0.15) is 0 Å². The van der Waals surface area contributed by atoms with Crippen molar-refractivity contribution in [3.05, 3.63) is 0 Å². The highest BCUT2D eigenvalue weighted by Gasteiger charge is 2.21. The lowest BCUT2D eigenvalue weighted by molar-refractivity contribution is 0.0873. The second-order valence-electron chi connectivity index (χ2n) is 4.95. The van der Waals surface area contributed by atoms with Gasteiger partial charge >= 0.3 is 0 Å². The Kier molecular flexibility index (Phi) is 7.81. The van der Waals surface area contributed by atoms with E-state index < -0.39 is 0 Å². The molecule has 1 saturated carbocycles. The third-order valence-electron chi connectivity index (χ3n) is 3.58. The highest BCUT2D eigenvalue weighted by molar-refractivity contribution is 4.76. The van der Waals surface area contributed by atoms with E-state index in [2.05, 4.69) is 12.3 Å². The zero-order valence-corrected chi connectivity index (χ0v) is 10.7. The predicted octanol–water partition coefficient (Wildman–Crippen LogP) is 2.61. The summed E-state index contributed by atoms with van der Waals surface area (Å²) in [4.78, 5) is 0. The van der Waals surface area contributed by atoms with Crippen LogP contribution in [-0.2, 0) is 4.74 Å². The molecule has 1 rings (SSSR count). The maximum absolute atomic E-state index is 5.65. The normalized spacial score (nSPS) is 21.4. The Bertz CT molecular complexity index is 156. The van der Waals surface area contributed by atoms with Gasteiger partial charge < -0.3 is 4.74 Å². The van der Waals surface area contributed by atoms with Gasteiger partial charge in [0.05, 0.1) is 6.61 Å². The summed E-state index contributed by atoms with van der Waals surface area (Å²) in [6, 6.07) is 0.352. The molecule has 0 bridgehead atoms. The van der Waals surface area contributed by atoms with Gasteiger partial charge in [-0.05, 0) is 25.2 Å². The highest BCUT2D eigenvalue weighted by Crippen LogP contribution is 2.24. The molecule has 0 heterocycles. The first-order valence-electron chi connectivity index (χ1n) is 6.92. The molecule has 3 nitrogen and oxygen atoms in total. The zero-order chi connectivity index (χ0) is 11.6. The fourth-order valence-electron chi connectivity index (χ4n) is 2.57. The summed E-state index contributed by atoms with van der Waals surface area (Å²) >= 11 is 0. The van der Waals surface area contributed by atoms with Crippen LogP contribution in [0.3, 0.4) is 0 Å². The third-order valence-corrected chi connectivity index (χ3v) is 3.58. The first-order valence-corrected chi connectivity index (χ1v) is 6.92. The van der Waals surface area contributed by atoms with Gasteiger partial charge in [-0.15, -0.1) is 0 Å². The molecule has 0 aromatic carbocycles. The SMILES string of the molecule is CCCOCC(NN)C1CCCCCCC1. The Balaban J connectivity index is 2.29. The maximum atomic E-state index is 5.65. The molecule has 1 aliphatic carbocycles. The lowest BCUT2D eigenvalue weighted by Crippen LogP contribution is -2.44. The Morgan fingerprint density at radius 3 is 2.38 bits per heavy atom. The van der Waals surface area contributed by atoms with Crippen molar-refractivity contribution < 1.29 is 4.74 Å². The van der Waals surface area contributed by atoms with Crippen molar-refractivity contribution in [3.8, 4) is 0 Å². The molecule has 1 fully saturated rings. The molecule has 3 N–H and O–H groups in total. The number of hydrazine groups is 1. The van der Waals surface area contributed by atoms with Gasteiger partial charge in [0, 0.05) is 12.6 Å². The first kappa shape index (κ1) is 13.9. The van der Waals surface area contributed by atoms with Crippen LogP contribution in [0.15, 0.2) is 0 Å². The van der Waals surface area contributed by atoms with E-state index in [0.717, 1.165) is 19.6 Å². The molecule has 0 aliphatic heterocycles. The molecule has 0 aromatic rings. The van der Waals surface area contributed by atoms with Gasteiger partial charge in [-0.3, -0.25) is 11.3 Å². The smallest absolute Gasteiger partial charge is 0.0635 e. The minimum absolute atomic E-state index is 0.352. The second-order valence-corrected chi connectivity index (χ2v) is 4.95. The van der Waals surface area contributed by atoms with E-state index in [1.54, 1.807) is 0 Å². The molecule has 0 amide bonds. The molecule has 16 heavy (non-hydrogen) atoms. The lowest BCUT2D eigenvalue weighted by atomic mass is 9.86. The van der Waals surface area contributed by atoms with Crippen LogP contribution in [-0.4, -0.2) is 19.3 Å². The Hall–Kier alpha value is -0.120. The van der Waals surface area contributed by atoms with Crippen LogP contribution in [0.5, 0.6) is 0 Å². The minimum atomic E-state index is 0.352. The van der Waals surface area contributed by atoms with Gasteiger partial charge in [-0.1, -0.05) is 39.0 Å². The molecule has 0 saturated heterocycles. The van der Waals surface area contributed by atoms with Crippen LogP contribution in [0, 0.1) is 5.92 Å². The maximum Gasteiger partial charge on any atom is 0.0635 e. The van der Waals surface area contributed by atoms with Crippen LogP contribution >= 0.6 is 0 Å². The Morgan fingerprint density at radius 1 is 1.19 bits per heavy atom. The van der Waals surface area contributed by atoms with Crippen molar-refractivity contribution in [2.45, 2.75) is 64.3 Å². The topological polar surface area (TPSA) is 47.3 Å². The first-order chi connectivity index (χ1) is 7.88. The molecule has 0 radical (unpaired) electrons. The van der Waals surface area contributed by atoms with Crippen molar-refractivity contribution >= 4 is 0 Å². The largest absolute Gasteiger partial charge is 0.380 e. The van der Waals surface area contributed by atoms with Crippen LogP contribution in [0.25, 0.3) is 0 Å². The Morgan fingerprint density at radius 2 is 1.81 bits per heavy atom. The lowest BCUT2D eigenvalue weighted by Gasteiger charge is -2.28. The molecule has 1 unspecified atom stereocenters. The number of rotatable bonds is 6. The predicted molar refractivity (Wildman–Crippen MR) is 68.0 cm³/mol. The van der Waals surface area contributed by atoms with Gasteiger partial charge in [0.15, 0.2) is 0 Å². The van der Waals surface area contributed by atoms with Gasteiger partial charge in [-0.2, -0.15) is 0 Å². The number of hydrogen-bond donors (Lipinski definition) is 2. The van der Waals surface area contributed by atoms with Crippen molar-refractivity contribution in [2.24, 2.45) is 11.8 Å². The molecule has 1 aliphatic rings. The van der Waals surface area contributed by atoms with E-state index in [0.29, 0.717) is 12.0 Å². The summed E-state index contributed by atoms with van der Waals surface area (Å²) in [7, 11) is 0. The molecule has 3 heteroatoms. The van der Waals surface area contributed by atoms with E-state index in [1.165, 1.54) is 44.9 Å². The van der Waals surface area contributed by atoms with Crippen molar-refractivity contribution in [3.63, 3.8) is 0 Å². The molecule has 0 aromatic heterocycles. The standard InChI is InChI=1S/C13H28N2O/c1-2-10-16-11-13(15-14)12-8-6-4-3-5-7-9-12/h12-13,15H,2-11,14H2,1H3. The van der Waals surface area contributed by atoms with Crippen LogP contribution < -0.4 is 11.3 Å². The summed E-state index contributed by atoms with van der Waals surface area (Å²) in [5.41, 5.74) is 2.95. The van der Waals surface area contributed by atoms with Crippen LogP contribution in [0.1, 0.15) is 58.3 Å². The minimum Gasteiger partial charge on any atom is -0.380 e. The molecule has 96 valence electrons. The van der Waals surface area contributed by atoms with Gasteiger partial charge in [-0.25, -0.2) is 0 Å². The summed E-state index contributed by atoms with van der Waals surface area (Å²) in [5.74, 6) is 6.36.